The van der Waals surface area contributed by atoms with Gasteiger partial charge in [-0.1, -0.05) is 11.6 Å². The largest absolute Gasteiger partial charge is 0.490 e. The van der Waals surface area contributed by atoms with Gasteiger partial charge >= 0.3 is 5.82 Å². The number of hydrogen-bond acceptors (Lipinski definition) is 5. The number of hydrogen-bond donors (Lipinski definition) is 0. The van der Waals surface area contributed by atoms with Gasteiger partial charge in [-0.15, -0.1) is 0 Å². The van der Waals surface area contributed by atoms with Crippen LogP contribution in [0.5, 0.6) is 11.5 Å². The molecule has 0 amide bonds. The fourth-order valence-corrected chi connectivity index (χ4v) is 1.68. The van der Waals surface area contributed by atoms with E-state index >= 15 is 0 Å². The van der Waals surface area contributed by atoms with Crippen LogP contribution in [0.25, 0.3) is 0 Å². The molecule has 8 heteroatoms. The maximum Gasteiger partial charge on any atom is 0.406 e. The molecule has 0 bridgehead atoms. The minimum atomic E-state index is -0.629. The normalized spacial score (nSPS) is 10.2. The number of halogens is 2. The lowest BCUT2D eigenvalue weighted by molar-refractivity contribution is -0.390. The third-order valence-corrected chi connectivity index (χ3v) is 2.71. The number of aromatic nitrogens is 1. The van der Waals surface area contributed by atoms with Gasteiger partial charge in [0.05, 0.1) is 5.02 Å². The number of ether oxygens (including phenoxy) is 2. The molecule has 21 heavy (non-hydrogen) atoms. The zero-order valence-corrected chi connectivity index (χ0v) is 11.4. The third-order valence-electron chi connectivity index (χ3n) is 2.42. The van der Waals surface area contributed by atoms with Crippen molar-refractivity contribution >= 4 is 17.4 Å². The van der Waals surface area contributed by atoms with Gasteiger partial charge in [-0.3, -0.25) is 0 Å². The maximum atomic E-state index is 12.9. The minimum absolute atomic E-state index is 0.0451. The van der Waals surface area contributed by atoms with Crippen molar-refractivity contribution in [2.45, 2.75) is 0 Å². The van der Waals surface area contributed by atoms with Crippen molar-refractivity contribution in [3.63, 3.8) is 0 Å². The van der Waals surface area contributed by atoms with Gasteiger partial charge in [-0.25, -0.2) is 4.39 Å². The van der Waals surface area contributed by atoms with E-state index in [0.29, 0.717) is 5.75 Å². The Bertz CT molecular complexity index is 654. The van der Waals surface area contributed by atoms with E-state index in [4.69, 9.17) is 21.1 Å². The van der Waals surface area contributed by atoms with Gasteiger partial charge in [0.15, 0.2) is 0 Å². The van der Waals surface area contributed by atoms with Crippen molar-refractivity contribution in [1.29, 1.82) is 0 Å². The molecular formula is C13H10ClFN2O4. The molecule has 0 atom stereocenters. The van der Waals surface area contributed by atoms with E-state index in [0.717, 1.165) is 0 Å². The zero-order chi connectivity index (χ0) is 15.2. The van der Waals surface area contributed by atoms with Crippen LogP contribution in [0, 0.1) is 15.9 Å². The SMILES string of the molecule is O=[N+]([O-])c1ncccc1OCCOc1ccc(F)c(Cl)c1. The van der Waals surface area contributed by atoms with Crippen molar-refractivity contribution in [3.05, 3.63) is 57.5 Å². The van der Waals surface area contributed by atoms with Gasteiger partial charge in [-0.05, 0) is 34.2 Å². The maximum absolute atomic E-state index is 12.9. The van der Waals surface area contributed by atoms with E-state index in [2.05, 4.69) is 4.98 Å². The highest BCUT2D eigenvalue weighted by molar-refractivity contribution is 6.30. The topological polar surface area (TPSA) is 74.5 Å². The fraction of sp³-hybridized carbons (Fsp3) is 0.154. The molecule has 0 radical (unpaired) electrons. The molecule has 2 rings (SSSR count). The first-order valence-corrected chi connectivity index (χ1v) is 6.26. The van der Waals surface area contributed by atoms with Crippen LogP contribution >= 0.6 is 11.6 Å². The van der Waals surface area contributed by atoms with Crippen LogP contribution in [0.4, 0.5) is 10.2 Å². The molecule has 6 nitrogen and oxygen atoms in total. The summed E-state index contributed by atoms with van der Waals surface area (Å²) in [4.78, 5) is 13.7. The van der Waals surface area contributed by atoms with Gasteiger partial charge in [0.1, 0.15) is 31.0 Å². The number of nitro groups is 1. The molecule has 0 N–H and O–H groups in total. The van der Waals surface area contributed by atoms with E-state index in [9.17, 15) is 14.5 Å². The highest BCUT2D eigenvalue weighted by Gasteiger charge is 2.15. The van der Waals surface area contributed by atoms with Gasteiger partial charge in [-0.2, -0.15) is 0 Å². The van der Waals surface area contributed by atoms with Crippen LogP contribution in [0.1, 0.15) is 0 Å². The summed E-state index contributed by atoms with van der Waals surface area (Å²) in [5, 5.41) is 10.7. The predicted octanol–water partition coefficient (Wildman–Crippen LogP) is 3.24. The van der Waals surface area contributed by atoms with Gasteiger partial charge in [0.2, 0.25) is 5.75 Å². The molecule has 0 aliphatic carbocycles. The monoisotopic (exact) mass is 312 g/mol. The highest BCUT2D eigenvalue weighted by atomic mass is 35.5. The first-order chi connectivity index (χ1) is 10.1. The van der Waals surface area contributed by atoms with E-state index in [1.807, 2.05) is 0 Å². The molecule has 0 unspecified atom stereocenters. The van der Waals surface area contributed by atoms with Crippen molar-refractivity contribution in [3.8, 4) is 11.5 Å². The lowest BCUT2D eigenvalue weighted by Crippen LogP contribution is -2.10. The van der Waals surface area contributed by atoms with E-state index < -0.39 is 10.7 Å². The summed E-state index contributed by atoms with van der Waals surface area (Å²) in [5.41, 5.74) is 0. The summed E-state index contributed by atoms with van der Waals surface area (Å²) in [7, 11) is 0. The highest BCUT2D eigenvalue weighted by Crippen LogP contribution is 2.23. The molecule has 0 saturated heterocycles. The Morgan fingerprint density at radius 1 is 1.29 bits per heavy atom. The first kappa shape index (κ1) is 15.0. The first-order valence-electron chi connectivity index (χ1n) is 5.88. The van der Waals surface area contributed by atoms with Crippen LogP contribution in [-0.2, 0) is 0 Å². The lowest BCUT2D eigenvalue weighted by atomic mass is 10.3. The molecule has 2 aromatic rings. The second-order valence-corrected chi connectivity index (χ2v) is 4.26. The average Bonchev–Trinajstić information content (AvgIpc) is 2.47. The Labute approximate surface area is 124 Å². The number of benzene rings is 1. The summed E-state index contributed by atoms with van der Waals surface area (Å²) >= 11 is 5.61. The summed E-state index contributed by atoms with van der Waals surface area (Å²) in [5.74, 6) is -0.456. The Morgan fingerprint density at radius 3 is 2.76 bits per heavy atom. The molecule has 0 spiro atoms. The molecule has 0 saturated carbocycles. The van der Waals surface area contributed by atoms with Crippen LogP contribution in [0.3, 0.4) is 0 Å². The summed E-state index contributed by atoms with van der Waals surface area (Å²) < 4.78 is 23.5. The van der Waals surface area contributed by atoms with E-state index in [1.165, 1.54) is 36.5 Å². The third kappa shape index (κ3) is 4.03. The Balaban J connectivity index is 1.87. The fourth-order valence-electron chi connectivity index (χ4n) is 1.51. The molecular weight excluding hydrogens is 303 g/mol. The van der Waals surface area contributed by atoms with Crippen molar-refractivity contribution < 1.29 is 18.8 Å². The van der Waals surface area contributed by atoms with Crippen LogP contribution in [0.2, 0.25) is 5.02 Å². The molecule has 1 aromatic carbocycles. The number of nitrogens with zero attached hydrogens (tertiary/aromatic N) is 2. The Kier molecular flexibility index (Phi) is 4.89. The lowest BCUT2D eigenvalue weighted by Gasteiger charge is -2.08. The standard InChI is InChI=1S/C13H10ClFN2O4/c14-10-8-9(3-4-11(10)15)20-6-7-21-12-2-1-5-16-13(12)17(18)19/h1-5,8H,6-7H2. The predicted molar refractivity (Wildman–Crippen MR) is 73.3 cm³/mol. The van der Waals surface area contributed by atoms with Crippen LogP contribution in [0.15, 0.2) is 36.5 Å². The summed E-state index contributed by atoms with van der Waals surface area (Å²) in [6.07, 6.45) is 1.31. The van der Waals surface area contributed by atoms with E-state index in [1.54, 1.807) is 0 Å². The quantitative estimate of drug-likeness (QED) is 0.465. The molecule has 0 aliphatic heterocycles. The zero-order valence-electron chi connectivity index (χ0n) is 10.7. The Hall–Kier alpha value is -2.41. The minimum Gasteiger partial charge on any atom is -0.490 e. The second kappa shape index (κ2) is 6.85. The molecule has 0 aliphatic rings. The van der Waals surface area contributed by atoms with Crippen molar-refractivity contribution in [2.24, 2.45) is 0 Å². The smallest absolute Gasteiger partial charge is 0.406 e. The summed E-state index contributed by atoms with van der Waals surface area (Å²) in [6.45, 7) is 0.190. The van der Waals surface area contributed by atoms with E-state index in [-0.39, 0.29) is 29.8 Å². The molecule has 110 valence electrons. The molecule has 0 fully saturated rings. The molecule has 1 aromatic heterocycles. The second-order valence-electron chi connectivity index (χ2n) is 3.86. The van der Waals surface area contributed by atoms with Crippen LogP contribution in [-0.4, -0.2) is 23.1 Å². The summed E-state index contributed by atoms with van der Waals surface area (Å²) in [6, 6.07) is 6.92. The molecule has 1 heterocycles. The number of pyridine rings is 1. The Morgan fingerprint density at radius 2 is 2.05 bits per heavy atom. The number of rotatable bonds is 6. The van der Waals surface area contributed by atoms with Gasteiger partial charge < -0.3 is 19.6 Å². The van der Waals surface area contributed by atoms with Crippen LogP contribution < -0.4 is 9.47 Å². The van der Waals surface area contributed by atoms with Crippen molar-refractivity contribution in [1.82, 2.24) is 4.98 Å². The van der Waals surface area contributed by atoms with Crippen molar-refractivity contribution in [2.75, 3.05) is 13.2 Å². The van der Waals surface area contributed by atoms with Gasteiger partial charge in [0.25, 0.3) is 0 Å². The van der Waals surface area contributed by atoms with Gasteiger partial charge in [0, 0.05) is 6.07 Å². The average molecular weight is 313 g/mol.